The predicted octanol–water partition coefficient (Wildman–Crippen LogP) is 0.715. The number of nitrogens with zero attached hydrogens (tertiary/aromatic N) is 1. The summed E-state index contributed by atoms with van der Waals surface area (Å²) in [5, 5.41) is 0. The van der Waals surface area contributed by atoms with Gasteiger partial charge in [0.1, 0.15) is 12.4 Å². The molecule has 1 fully saturated rings. The lowest BCUT2D eigenvalue weighted by molar-refractivity contribution is -0.156. The van der Waals surface area contributed by atoms with Crippen LogP contribution in [0.4, 0.5) is 10.1 Å². The second kappa shape index (κ2) is 3.68. The third kappa shape index (κ3) is 1.81. The summed E-state index contributed by atoms with van der Waals surface area (Å²) >= 11 is 0. The highest BCUT2D eigenvalue weighted by Crippen LogP contribution is 2.17. The number of carbonyl (C=O) groups excluding carboxylic acids is 2. The largest absolute Gasteiger partial charge is 0.457 e. The van der Waals surface area contributed by atoms with Gasteiger partial charge in [0, 0.05) is 5.69 Å². The van der Waals surface area contributed by atoms with Crippen LogP contribution < -0.4 is 4.90 Å². The lowest BCUT2D eigenvalue weighted by atomic mass is 10.2. The van der Waals surface area contributed by atoms with Gasteiger partial charge < -0.3 is 4.74 Å². The molecule has 78 valence electrons. The third-order valence-corrected chi connectivity index (χ3v) is 2.09. The Balaban J connectivity index is 2.30. The van der Waals surface area contributed by atoms with Crippen molar-refractivity contribution in [1.82, 2.24) is 0 Å². The third-order valence-electron chi connectivity index (χ3n) is 2.09. The van der Waals surface area contributed by atoms with Crippen molar-refractivity contribution in [1.29, 1.82) is 0 Å². The zero-order chi connectivity index (χ0) is 10.8. The Morgan fingerprint density at radius 3 is 2.87 bits per heavy atom. The maximum atomic E-state index is 12.9. The van der Waals surface area contributed by atoms with Crippen molar-refractivity contribution >= 4 is 17.6 Å². The zero-order valence-electron chi connectivity index (χ0n) is 7.77. The Morgan fingerprint density at radius 2 is 2.13 bits per heavy atom. The van der Waals surface area contributed by atoms with Crippen molar-refractivity contribution in [2.75, 3.05) is 18.1 Å². The number of morpholine rings is 1. The van der Waals surface area contributed by atoms with Crippen molar-refractivity contribution in [2.45, 2.75) is 0 Å². The normalized spacial score (nSPS) is 16.5. The van der Waals surface area contributed by atoms with Crippen molar-refractivity contribution in [2.24, 2.45) is 0 Å². The summed E-state index contributed by atoms with van der Waals surface area (Å²) < 4.78 is 17.4. The minimum absolute atomic E-state index is 0.140. The minimum Gasteiger partial charge on any atom is -0.457 e. The molecule has 1 aromatic carbocycles. The number of cyclic esters (lactones) is 1. The van der Waals surface area contributed by atoms with Crippen LogP contribution in [-0.2, 0) is 14.3 Å². The van der Waals surface area contributed by atoms with Crippen LogP contribution in [0, 0.1) is 5.82 Å². The molecular weight excluding hydrogens is 201 g/mol. The first-order valence-corrected chi connectivity index (χ1v) is 4.42. The van der Waals surface area contributed by atoms with E-state index < -0.39 is 17.7 Å². The molecule has 0 atom stereocenters. The molecule has 0 unspecified atom stereocenters. The Kier molecular flexibility index (Phi) is 2.37. The van der Waals surface area contributed by atoms with Crippen LogP contribution in [0.2, 0.25) is 0 Å². The van der Waals surface area contributed by atoms with Crippen molar-refractivity contribution in [3.8, 4) is 0 Å². The number of ether oxygens (including phenoxy) is 1. The summed E-state index contributed by atoms with van der Waals surface area (Å²) in [6, 6.07) is 5.53. The smallest absolute Gasteiger partial charge is 0.397 e. The molecule has 1 heterocycles. The summed E-state index contributed by atoms with van der Waals surface area (Å²) in [5.41, 5.74) is 0.372. The van der Waals surface area contributed by atoms with Gasteiger partial charge in [-0.2, -0.15) is 0 Å². The van der Waals surface area contributed by atoms with Crippen LogP contribution in [0.3, 0.4) is 0 Å². The molecule has 1 aliphatic rings. The molecule has 0 bridgehead atoms. The maximum absolute atomic E-state index is 12.9. The molecule has 1 amide bonds. The van der Waals surface area contributed by atoms with E-state index in [0.717, 1.165) is 0 Å². The molecule has 1 aromatic rings. The number of esters is 1. The van der Waals surface area contributed by atoms with E-state index in [9.17, 15) is 14.0 Å². The summed E-state index contributed by atoms with van der Waals surface area (Å²) in [6.07, 6.45) is 0. The molecule has 0 radical (unpaired) electrons. The van der Waals surface area contributed by atoms with Gasteiger partial charge >= 0.3 is 11.9 Å². The fourth-order valence-corrected chi connectivity index (χ4v) is 1.39. The number of hydrogen-bond donors (Lipinski definition) is 0. The minimum atomic E-state index is -0.898. The number of amides is 1. The van der Waals surface area contributed by atoms with Gasteiger partial charge in [-0.1, -0.05) is 6.07 Å². The van der Waals surface area contributed by atoms with E-state index in [2.05, 4.69) is 4.74 Å². The highest BCUT2D eigenvalue weighted by molar-refractivity contribution is 6.38. The predicted molar refractivity (Wildman–Crippen MR) is 49.7 cm³/mol. The standard InChI is InChI=1S/C10H8FNO3/c11-7-2-1-3-8(6-7)12-4-5-15-10(14)9(12)13/h1-3,6H,4-5H2. The highest BCUT2D eigenvalue weighted by Gasteiger charge is 2.29. The topological polar surface area (TPSA) is 46.6 Å². The zero-order valence-corrected chi connectivity index (χ0v) is 7.77. The summed E-state index contributed by atoms with van der Waals surface area (Å²) in [7, 11) is 0. The lowest BCUT2D eigenvalue weighted by Gasteiger charge is -2.25. The fraction of sp³-hybridized carbons (Fsp3) is 0.200. The van der Waals surface area contributed by atoms with Gasteiger partial charge in [-0.05, 0) is 18.2 Å². The van der Waals surface area contributed by atoms with Gasteiger partial charge in [-0.15, -0.1) is 0 Å². The Morgan fingerprint density at radius 1 is 1.33 bits per heavy atom. The SMILES string of the molecule is O=C1OCCN(c2cccc(F)c2)C1=O. The van der Waals surface area contributed by atoms with E-state index in [-0.39, 0.29) is 13.2 Å². The van der Waals surface area contributed by atoms with Crippen LogP contribution >= 0.6 is 0 Å². The van der Waals surface area contributed by atoms with Crippen LogP contribution in [0.1, 0.15) is 0 Å². The molecule has 2 rings (SSSR count). The summed E-state index contributed by atoms with van der Waals surface area (Å²) in [6.45, 7) is 0.398. The van der Waals surface area contributed by atoms with Gasteiger partial charge in [0.2, 0.25) is 0 Å². The number of anilines is 1. The van der Waals surface area contributed by atoms with Gasteiger partial charge in [0.05, 0.1) is 6.54 Å². The van der Waals surface area contributed by atoms with Gasteiger partial charge in [-0.3, -0.25) is 9.69 Å². The molecule has 0 aliphatic carbocycles. The second-order valence-electron chi connectivity index (χ2n) is 3.07. The van der Waals surface area contributed by atoms with Gasteiger partial charge in [0.15, 0.2) is 0 Å². The molecular formula is C10H8FNO3. The lowest BCUT2D eigenvalue weighted by Crippen LogP contribution is -2.45. The van der Waals surface area contributed by atoms with E-state index in [0.29, 0.717) is 5.69 Å². The maximum Gasteiger partial charge on any atom is 0.397 e. The van der Waals surface area contributed by atoms with E-state index in [1.165, 1.54) is 23.1 Å². The first-order chi connectivity index (χ1) is 7.18. The molecule has 4 nitrogen and oxygen atoms in total. The van der Waals surface area contributed by atoms with Crippen LogP contribution in [0.15, 0.2) is 24.3 Å². The van der Waals surface area contributed by atoms with Crippen LogP contribution in [-0.4, -0.2) is 25.0 Å². The summed E-state index contributed by atoms with van der Waals surface area (Å²) in [4.78, 5) is 23.5. The highest BCUT2D eigenvalue weighted by atomic mass is 19.1. The van der Waals surface area contributed by atoms with E-state index in [1.807, 2.05) is 0 Å². The second-order valence-corrected chi connectivity index (χ2v) is 3.07. The van der Waals surface area contributed by atoms with E-state index in [4.69, 9.17) is 0 Å². The number of halogens is 1. The molecule has 15 heavy (non-hydrogen) atoms. The fourth-order valence-electron chi connectivity index (χ4n) is 1.39. The molecule has 0 N–H and O–H groups in total. The average molecular weight is 209 g/mol. The monoisotopic (exact) mass is 209 g/mol. The molecule has 1 aliphatic heterocycles. The number of hydrogen-bond acceptors (Lipinski definition) is 3. The van der Waals surface area contributed by atoms with Crippen molar-refractivity contribution < 1.29 is 18.7 Å². The molecule has 5 heteroatoms. The first kappa shape index (κ1) is 9.64. The molecule has 0 spiro atoms. The average Bonchev–Trinajstić information content (AvgIpc) is 2.22. The van der Waals surface area contributed by atoms with Gasteiger partial charge in [0.25, 0.3) is 0 Å². The molecule has 1 saturated heterocycles. The molecule has 0 aromatic heterocycles. The Bertz CT molecular complexity index is 419. The number of benzene rings is 1. The Hall–Kier alpha value is -1.91. The van der Waals surface area contributed by atoms with Crippen molar-refractivity contribution in [3.05, 3.63) is 30.1 Å². The quantitative estimate of drug-likeness (QED) is 0.505. The Labute approximate surface area is 85.2 Å². The van der Waals surface area contributed by atoms with Gasteiger partial charge in [-0.25, -0.2) is 9.18 Å². The molecule has 0 saturated carbocycles. The number of rotatable bonds is 1. The van der Waals surface area contributed by atoms with Crippen LogP contribution in [0.25, 0.3) is 0 Å². The van der Waals surface area contributed by atoms with Crippen LogP contribution in [0.5, 0.6) is 0 Å². The van der Waals surface area contributed by atoms with E-state index in [1.54, 1.807) is 6.07 Å². The van der Waals surface area contributed by atoms with E-state index >= 15 is 0 Å². The van der Waals surface area contributed by atoms with Crippen molar-refractivity contribution in [3.63, 3.8) is 0 Å². The summed E-state index contributed by atoms with van der Waals surface area (Å²) in [5.74, 6) is -2.10. The first-order valence-electron chi connectivity index (χ1n) is 4.42. The number of carbonyl (C=O) groups is 2.